The molecule has 3 aromatic rings. The van der Waals surface area contributed by atoms with E-state index in [1.54, 1.807) is 7.11 Å². The number of nitrogens with zero attached hydrogens (tertiary/aromatic N) is 1. The van der Waals surface area contributed by atoms with Gasteiger partial charge in [0.05, 0.1) is 13.7 Å². The van der Waals surface area contributed by atoms with E-state index in [1.807, 2.05) is 12.1 Å². The molecule has 2 heterocycles. The summed E-state index contributed by atoms with van der Waals surface area (Å²) in [5.41, 5.74) is 3.83. The molecule has 5 atom stereocenters. The average molecular weight is 429 g/mol. The minimum atomic E-state index is 0.213. The third-order valence-electron chi connectivity index (χ3n) is 7.42. The maximum absolute atomic E-state index is 10.3. The fourth-order valence-electron chi connectivity index (χ4n) is 6.05. The van der Waals surface area contributed by atoms with E-state index in [-0.39, 0.29) is 30.7 Å². The van der Waals surface area contributed by atoms with Gasteiger partial charge in [0, 0.05) is 36.2 Å². The number of benzene rings is 3. The van der Waals surface area contributed by atoms with E-state index in [4.69, 9.17) is 4.74 Å². The monoisotopic (exact) mass is 428 g/mol. The van der Waals surface area contributed by atoms with Gasteiger partial charge in [0.2, 0.25) is 0 Å². The van der Waals surface area contributed by atoms with Crippen molar-refractivity contribution in [2.24, 2.45) is 5.92 Å². The van der Waals surface area contributed by atoms with E-state index in [0.717, 1.165) is 25.3 Å². The first-order valence-corrected chi connectivity index (χ1v) is 11.6. The number of ether oxygens (including phenoxy) is 1. The molecule has 166 valence electrons. The highest BCUT2D eigenvalue weighted by Gasteiger charge is 2.55. The second-order valence-electron chi connectivity index (χ2n) is 8.95. The lowest BCUT2D eigenvalue weighted by molar-refractivity contribution is 0.139. The van der Waals surface area contributed by atoms with E-state index >= 15 is 0 Å². The number of nitrogens with one attached hydrogen (secondary N) is 1. The minimum absolute atomic E-state index is 0.213. The van der Waals surface area contributed by atoms with Crippen LogP contribution in [0.25, 0.3) is 0 Å². The van der Waals surface area contributed by atoms with Crippen molar-refractivity contribution in [3.05, 3.63) is 102 Å². The van der Waals surface area contributed by atoms with E-state index in [1.165, 1.54) is 16.7 Å². The molecule has 4 nitrogen and oxygen atoms in total. The predicted molar refractivity (Wildman–Crippen MR) is 128 cm³/mol. The molecule has 0 amide bonds. The molecule has 3 aromatic carbocycles. The van der Waals surface area contributed by atoms with Gasteiger partial charge in [-0.3, -0.25) is 4.90 Å². The van der Waals surface area contributed by atoms with Crippen LogP contribution in [-0.4, -0.2) is 48.4 Å². The summed E-state index contributed by atoms with van der Waals surface area (Å²) in [5.74, 6) is 1.60. The van der Waals surface area contributed by atoms with Crippen LogP contribution in [0.2, 0.25) is 0 Å². The summed E-state index contributed by atoms with van der Waals surface area (Å²) in [6, 6.07) is 30.7. The van der Waals surface area contributed by atoms with Gasteiger partial charge in [0.25, 0.3) is 0 Å². The number of para-hydroxylation sites is 1. The van der Waals surface area contributed by atoms with E-state index in [2.05, 4.69) is 83.0 Å². The molecule has 0 aliphatic carbocycles. The standard InChI is InChI=1S/C28H32N2O2/c1-32-25-15-9-8-14-22(25)18-29-27-23-16-17-30(24(23)19-31)28(27)26(20-10-4-2-5-11-20)21-12-6-3-7-13-21/h2-15,23-24,26-29,31H,16-19H2,1H3. The highest BCUT2D eigenvalue weighted by atomic mass is 16.5. The normalized spacial score (nSPS) is 26.5. The second kappa shape index (κ2) is 9.45. The second-order valence-corrected chi connectivity index (χ2v) is 8.95. The van der Waals surface area contributed by atoms with Crippen LogP contribution in [-0.2, 0) is 6.54 Å². The van der Waals surface area contributed by atoms with Crippen LogP contribution in [0.3, 0.4) is 0 Å². The molecule has 0 aromatic heterocycles. The SMILES string of the molecule is COc1ccccc1CNC1C2CCN(C2CO)C1C(c1ccccc1)c1ccccc1. The van der Waals surface area contributed by atoms with Crippen LogP contribution >= 0.6 is 0 Å². The number of hydrogen-bond donors (Lipinski definition) is 2. The van der Waals surface area contributed by atoms with Crippen LogP contribution < -0.4 is 10.1 Å². The largest absolute Gasteiger partial charge is 0.496 e. The fraction of sp³-hybridized carbons (Fsp3) is 0.357. The van der Waals surface area contributed by atoms with Crippen molar-refractivity contribution in [3.63, 3.8) is 0 Å². The number of aliphatic hydroxyl groups is 1. The molecule has 2 bridgehead atoms. The number of fused-ring (bicyclic) bond motifs is 2. The maximum atomic E-state index is 10.3. The Labute approximate surface area is 190 Å². The summed E-state index contributed by atoms with van der Waals surface area (Å²) in [5, 5.41) is 14.2. The lowest BCUT2D eigenvalue weighted by atomic mass is 9.78. The minimum Gasteiger partial charge on any atom is -0.496 e. The van der Waals surface area contributed by atoms with E-state index in [9.17, 15) is 5.11 Å². The number of piperidine rings is 1. The molecule has 0 spiro atoms. The topological polar surface area (TPSA) is 44.7 Å². The molecule has 5 rings (SSSR count). The summed E-state index contributed by atoms with van der Waals surface area (Å²) in [6.45, 7) is 2.01. The van der Waals surface area contributed by atoms with Crippen LogP contribution in [0, 0.1) is 5.92 Å². The fourth-order valence-corrected chi connectivity index (χ4v) is 6.05. The summed E-state index contributed by atoms with van der Waals surface area (Å²) in [6.07, 6.45) is 1.13. The van der Waals surface area contributed by atoms with Gasteiger partial charge in [-0.1, -0.05) is 78.9 Å². The first-order valence-electron chi connectivity index (χ1n) is 11.6. The number of methoxy groups -OCH3 is 1. The van der Waals surface area contributed by atoms with Gasteiger partial charge in [-0.05, 0) is 36.1 Å². The lowest BCUT2D eigenvalue weighted by Gasteiger charge is -2.39. The van der Waals surface area contributed by atoms with Gasteiger partial charge >= 0.3 is 0 Å². The molecule has 2 aliphatic heterocycles. The Morgan fingerprint density at radius 2 is 1.56 bits per heavy atom. The Morgan fingerprint density at radius 1 is 0.938 bits per heavy atom. The third kappa shape index (κ3) is 3.83. The first kappa shape index (κ1) is 21.2. The molecule has 2 saturated heterocycles. The smallest absolute Gasteiger partial charge is 0.123 e. The maximum Gasteiger partial charge on any atom is 0.123 e. The van der Waals surface area contributed by atoms with Crippen molar-refractivity contribution in [1.29, 1.82) is 0 Å². The van der Waals surface area contributed by atoms with Crippen molar-refractivity contribution < 1.29 is 9.84 Å². The summed E-state index contributed by atoms with van der Waals surface area (Å²) < 4.78 is 5.59. The van der Waals surface area contributed by atoms with Gasteiger partial charge < -0.3 is 15.2 Å². The number of hydrogen-bond acceptors (Lipinski definition) is 4. The highest BCUT2D eigenvalue weighted by Crippen LogP contribution is 2.46. The van der Waals surface area contributed by atoms with Crippen LogP contribution in [0.15, 0.2) is 84.9 Å². The quantitative estimate of drug-likeness (QED) is 0.568. The molecule has 2 aliphatic rings. The Kier molecular flexibility index (Phi) is 6.26. The Balaban J connectivity index is 1.51. The van der Waals surface area contributed by atoms with Gasteiger partial charge in [0.1, 0.15) is 5.75 Å². The zero-order valence-corrected chi connectivity index (χ0v) is 18.6. The zero-order chi connectivity index (χ0) is 21.9. The summed E-state index contributed by atoms with van der Waals surface area (Å²) in [7, 11) is 1.73. The van der Waals surface area contributed by atoms with Crippen molar-refractivity contribution in [2.45, 2.75) is 37.0 Å². The Hall–Kier alpha value is -2.66. The van der Waals surface area contributed by atoms with Crippen molar-refractivity contribution in [1.82, 2.24) is 10.2 Å². The number of aliphatic hydroxyl groups excluding tert-OH is 1. The average Bonchev–Trinajstić information content (AvgIpc) is 3.40. The molecule has 0 saturated carbocycles. The predicted octanol–water partition coefficient (Wildman–Crippen LogP) is 4.05. The molecular weight excluding hydrogens is 396 g/mol. The van der Waals surface area contributed by atoms with Crippen molar-refractivity contribution in [3.8, 4) is 5.75 Å². The van der Waals surface area contributed by atoms with Crippen LogP contribution in [0.1, 0.15) is 29.0 Å². The van der Waals surface area contributed by atoms with E-state index in [0.29, 0.717) is 5.92 Å². The highest BCUT2D eigenvalue weighted by molar-refractivity contribution is 5.37. The van der Waals surface area contributed by atoms with Gasteiger partial charge in [-0.25, -0.2) is 0 Å². The Morgan fingerprint density at radius 3 is 2.19 bits per heavy atom. The molecule has 32 heavy (non-hydrogen) atoms. The first-order chi connectivity index (χ1) is 15.8. The van der Waals surface area contributed by atoms with Crippen molar-refractivity contribution >= 4 is 0 Å². The van der Waals surface area contributed by atoms with Crippen LogP contribution in [0.4, 0.5) is 0 Å². The number of rotatable bonds is 8. The molecule has 2 N–H and O–H groups in total. The molecule has 2 fully saturated rings. The van der Waals surface area contributed by atoms with E-state index < -0.39 is 0 Å². The Bertz CT molecular complexity index is 971. The lowest BCUT2D eigenvalue weighted by Crippen LogP contribution is -2.51. The van der Waals surface area contributed by atoms with Crippen LogP contribution in [0.5, 0.6) is 5.75 Å². The van der Waals surface area contributed by atoms with Gasteiger partial charge in [0.15, 0.2) is 0 Å². The zero-order valence-electron chi connectivity index (χ0n) is 18.6. The molecule has 5 unspecified atom stereocenters. The van der Waals surface area contributed by atoms with Crippen molar-refractivity contribution in [2.75, 3.05) is 20.3 Å². The third-order valence-corrected chi connectivity index (χ3v) is 7.42. The molecule has 4 heteroatoms. The summed E-state index contributed by atoms with van der Waals surface area (Å²) in [4.78, 5) is 2.56. The van der Waals surface area contributed by atoms with Gasteiger partial charge in [-0.15, -0.1) is 0 Å². The van der Waals surface area contributed by atoms with Gasteiger partial charge in [-0.2, -0.15) is 0 Å². The molecule has 0 radical (unpaired) electrons. The molecular formula is C28H32N2O2. The summed E-state index contributed by atoms with van der Waals surface area (Å²) >= 11 is 0.